The molecule has 13 heavy (non-hydrogen) atoms. The van der Waals surface area contributed by atoms with Gasteiger partial charge in [0.1, 0.15) is 0 Å². The number of anilines is 1. The Morgan fingerprint density at radius 3 is 2.92 bits per heavy atom. The van der Waals surface area contributed by atoms with Crippen LogP contribution in [0.15, 0.2) is 41.5 Å². The summed E-state index contributed by atoms with van der Waals surface area (Å²) in [6.45, 7) is 5.54. The van der Waals surface area contributed by atoms with Crippen molar-refractivity contribution in [3.8, 4) is 0 Å². The molecule has 0 radical (unpaired) electrons. The molecule has 0 aliphatic rings. The first kappa shape index (κ1) is 9.32. The predicted molar refractivity (Wildman–Crippen MR) is 53.9 cm³/mol. The number of nitrogen functional groups attached to an aromatic ring is 1. The van der Waals surface area contributed by atoms with Gasteiger partial charge in [-0.3, -0.25) is 0 Å². The van der Waals surface area contributed by atoms with Crippen LogP contribution in [0.25, 0.3) is 5.57 Å². The highest BCUT2D eigenvalue weighted by atomic mass is 16.5. The number of aromatic nitrogens is 1. The molecule has 0 aliphatic heterocycles. The first-order chi connectivity index (χ1) is 6.27. The monoisotopic (exact) mass is 176 g/mol. The summed E-state index contributed by atoms with van der Waals surface area (Å²) in [5, 5.41) is 3.60. The molecule has 0 aliphatic carbocycles. The maximum atomic E-state index is 5.43. The van der Waals surface area contributed by atoms with Gasteiger partial charge in [0.05, 0.1) is 0 Å². The van der Waals surface area contributed by atoms with Gasteiger partial charge in [0.15, 0.2) is 11.6 Å². The Hall–Kier alpha value is -1.77. The van der Waals surface area contributed by atoms with Gasteiger partial charge in [-0.05, 0) is 6.92 Å². The molecular weight excluding hydrogens is 164 g/mol. The van der Waals surface area contributed by atoms with Crippen LogP contribution < -0.4 is 5.73 Å². The molecule has 0 unspecified atom stereocenters. The molecule has 3 heteroatoms. The molecule has 0 saturated carbocycles. The second kappa shape index (κ2) is 4.30. The Morgan fingerprint density at radius 1 is 1.69 bits per heavy atom. The molecule has 3 nitrogen and oxygen atoms in total. The fourth-order valence-electron chi connectivity index (χ4n) is 0.951. The maximum Gasteiger partial charge on any atom is 0.169 e. The average molecular weight is 176 g/mol. The molecule has 1 aromatic rings. The third kappa shape index (κ3) is 2.33. The Labute approximate surface area is 77.2 Å². The smallest absolute Gasteiger partial charge is 0.169 e. The lowest BCUT2D eigenvalue weighted by Crippen LogP contribution is -1.80. The molecule has 2 N–H and O–H groups in total. The molecule has 0 aromatic carbocycles. The predicted octanol–water partition coefficient (Wildman–Crippen LogP) is 2.40. The second-order valence-corrected chi connectivity index (χ2v) is 2.47. The van der Waals surface area contributed by atoms with Crippen LogP contribution in [0.5, 0.6) is 0 Å². The van der Waals surface area contributed by atoms with Gasteiger partial charge < -0.3 is 10.3 Å². The van der Waals surface area contributed by atoms with E-state index >= 15 is 0 Å². The molecule has 1 aromatic heterocycles. The lowest BCUT2D eigenvalue weighted by atomic mass is 10.2. The zero-order chi connectivity index (χ0) is 9.68. The number of hydrogen-bond acceptors (Lipinski definition) is 3. The molecule has 1 heterocycles. The van der Waals surface area contributed by atoms with Crippen molar-refractivity contribution < 1.29 is 4.52 Å². The van der Waals surface area contributed by atoms with Crippen molar-refractivity contribution in [1.29, 1.82) is 0 Å². The van der Waals surface area contributed by atoms with Gasteiger partial charge in [0.2, 0.25) is 0 Å². The van der Waals surface area contributed by atoms with E-state index in [1.54, 1.807) is 12.1 Å². The van der Waals surface area contributed by atoms with Crippen LogP contribution in [0.4, 0.5) is 5.82 Å². The summed E-state index contributed by atoms with van der Waals surface area (Å²) < 4.78 is 4.99. The Bertz CT molecular complexity index is 348. The molecule has 0 bridgehead atoms. The van der Waals surface area contributed by atoms with Gasteiger partial charge in [0, 0.05) is 11.6 Å². The van der Waals surface area contributed by atoms with Gasteiger partial charge in [-0.25, -0.2) is 0 Å². The van der Waals surface area contributed by atoms with E-state index in [1.807, 2.05) is 25.2 Å². The Kier molecular flexibility index (Phi) is 3.09. The highest BCUT2D eigenvalue weighted by Gasteiger charge is 2.03. The van der Waals surface area contributed by atoms with Crippen molar-refractivity contribution in [3.63, 3.8) is 0 Å². The van der Waals surface area contributed by atoms with Crippen molar-refractivity contribution in [2.45, 2.75) is 6.92 Å². The summed E-state index contributed by atoms with van der Waals surface area (Å²) in [6, 6.07) is 1.68. The number of nitrogens with two attached hydrogens (primary N) is 1. The number of nitrogens with zero attached hydrogens (tertiary/aromatic N) is 1. The molecule has 0 fully saturated rings. The SMILES string of the molecule is C=C/C=C(\C=C/C)c1cc(N)no1. The summed E-state index contributed by atoms with van der Waals surface area (Å²) in [5.74, 6) is 1.03. The first-order valence-electron chi connectivity index (χ1n) is 3.96. The average Bonchev–Trinajstić information content (AvgIpc) is 2.51. The largest absolute Gasteiger partial charge is 0.381 e. The summed E-state index contributed by atoms with van der Waals surface area (Å²) in [7, 11) is 0. The van der Waals surface area contributed by atoms with Gasteiger partial charge >= 0.3 is 0 Å². The van der Waals surface area contributed by atoms with E-state index < -0.39 is 0 Å². The molecule has 0 saturated heterocycles. The second-order valence-electron chi connectivity index (χ2n) is 2.47. The van der Waals surface area contributed by atoms with Crippen molar-refractivity contribution in [2.24, 2.45) is 0 Å². The van der Waals surface area contributed by atoms with Gasteiger partial charge in [0.25, 0.3) is 0 Å². The van der Waals surface area contributed by atoms with Gasteiger partial charge in [-0.15, -0.1) is 0 Å². The lowest BCUT2D eigenvalue weighted by Gasteiger charge is -1.92. The van der Waals surface area contributed by atoms with E-state index in [9.17, 15) is 0 Å². The summed E-state index contributed by atoms with van der Waals surface area (Å²) in [4.78, 5) is 0. The van der Waals surface area contributed by atoms with Crippen LogP contribution in [0, 0.1) is 0 Å². The standard InChI is InChI=1S/C10H12N2O/c1-3-5-8(6-4-2)9-7-10(11)12-13-9/h3-7H,1H2,2H3,(H2,11,12)/b6-4-,8-5+. The third-order valence-corrected chi connectivity index (χ3v) is 1.46. The van der Waals surface area contributed by atoms with Crippen molar-refractivity contribution >= 4 is 11.4 Å². The van der Waals surface area contributed by atoms with Crippen molar-refractivity contribution in [1.82, 2.24) is 5.16 Å². The summed E-state index contributed by atoms with van der Waals surface area (Å²) >= 11 is 0. The van der Waals surface area contributed by atoms with E-state index in [4.69, 9.17) is 10.3 Å². The highest BCUT2D eigenvalue weighted by molar-refractivity contribution is 5.72. The quantitative estimate of drug-likeness (QED) is 0.719. The lowest BCUT2D eigenvalue weighted by molar-refractivity contribution is 0.414. The Morgan fingerprint density at radius 2 is 2.46 bits per heavy atom. The van der Waals surface area contributed by atoms with Crippen LogP contribution >= 0.6 is 0 Å². The number of rotatable bonds is 3. The minimum absolute atomic E-state index is 0.384. The van der Waals surface area contributed by atoms with Crippen molar-refractivity contribution in [2.75, 3.05) is 5.73 Å². The maximum absolute atomic E-state index is 5.43. The molecular formula is C10H12N2O. The highest BCUT2D eigenvalue weighted by Crippen LogP contribution is 2.17. The fraction of sp³-hybridized carbons (Fsp3) is 0.100. The normalized spacial score (nSPS) is 12.2. The van der Waals surface area contributed by atoms with Crippen LogP contribution in [0.3, 0.4) is 0 Å². The fourth-order valence-corrected chi connectivity index (χ4v) is 0.951. The minimum Gasteiger partial charge on any atom is -0.381 e. The zero-order valence-corrected chi connectivity index (χ0v) is 7.53. The van der Waals surface area contributed by atoms with E-state index in [0.717, 1.165) is 5.57 Å². The third-order valence-electron chi connectivity index (χ3n) is 1.46. The van der Waals surface area contributed by atoms with Crippen LogP contribution in [-0.4, -0.2) is 5.16 Å². The summed E-state index contributed by atoms with van der Waals surface area (Å²) in [6.07, 6.45) is 7.34. The Balaban J connectivity index is 3.01. The van der Waals surface area contributed by atoms with Gasteiger partial charge in [-0.1, -0.05) is 36.0 Å². The zero-order valence-electron chi connectivity index (χ0n) is 7.53. The van der Waals surface area contributed by atoms with Gasteiger partial charge in [-0.2, -0.15) is 0 Å². The van der Waals surface area contributed by atoms with E-state index in [0.29, 0.717) is 11.6 Å². The molecule has 0 atom stereocenters. The summed E-state index contributed by atoms with van der Waals surface area (Å²) in [5.41, 5.74) is 6.33. The molecule has 68 valence electrons. The van der Waals surface area contributed by atoms with Crippen LogP contribution in [-0.2, 0) is 0 Å². The topological polar surface area (TPSA) is 52.0 Å². The van der Waals surface area contributed by atoms with Crippen molar-refractivity contribution in [3.05, 3.63) is 42.7 Å². The number of allylic oxidation sites excluding steroid dienone is 5. The molecule has 1 rings (SSSR count). The van der Waals surface area contributed by atoms with E-state index in [-0.39, 0.29) is 0 Å². The van der Waals surface area contributed by atoms with Crippen LogP contribution in [0.2, 0.25) is 0 Å². The van der Waals surface area contributed by atoms with E-state index in [2.05, 4.69) is 11.7 Å². The molecule has 0 spiro atoms. The first-order valence-corrected chi connectivity index (χ1v) is 3.96. The minimum atomic E-state index is 0.384. The molecule has 0 amide bonds. The number of hydrogen-bond donors (Lipinski definition) is 1. The van der Waals surface area contributed by atoms with E-state index in [1.165, 1.54) is 0 Å². The van der Waals surface area contributed by atoms with Crippen LogP contribution in [0.1, 0.15) is 12.7 Å².